The molecule has 0 spiro atoms. The van der Waals surface area contributed by atoms with Crippen LogP contribution in [0, 0.1) is 0 Å². The number of hydrogen-bond acceptors (Lipinski definition) is 5. The number of morpholine rings is 1. The summed E-state index contributed by atoms with van der Waals surface area (Å²) in [7, 11) is 0. The number of piperazine rings is 1. The lowest BCUT2D eigenvalue weighted by molar-refractivity contribution is -0.0156. The summed E-state index contributed by atoms with van der Waals surface area (Å²) in [5.74, 6) is 0. The van der Waals surface area contributed by atoms with Crippen molar-refractivity contribution < 1.29 is 9.84 Å². The first kappa shape index (κ1) is 14.2. The normalized spacial score (nSPS) is 28.5. The van der Waals surface area contributed by atoms with Crippen LogP contribution in [0.1, 0.15) is 13.8 Å². The van der Waals surface area contributed by atoms with E-state index in [0.717, 1.165) is 59.0 Å². The standard InChI is InChI=1S/C13H27N3O2/c1-13(2,17)11-16-6-4-15(5-7-16)10-12-9-14-3-8-18-12/h12,14,17H,3-11H2,1-2H3. The van der Waals surface area contributed by atoms with E-state index in [2.05, 4.69) is 15.1 Å². The summed E-state index contributed by atoms with van der Waals surface area (Å²) in [4.78, 5) is 4.81. The summed E-state index contributed by atoms with van der Waals surface area (Å²) < 4.78 is 5.73. The smallest absolute Gasteiger partial charge is 0.0826 e. The fraction of sp³-hybridized carbons (Fsp3) is 1.00. The van der Waals surface area contributed by atoms with Crippen molar-refractivity contribution in [3.05, 3.63) is 0 Å². The Hall–Kier alpha value is -0.200. The highest BCUT2D eigenvalue weighted by Gasteiger charge is 2.24. The second kappa shape index (κ2) is 6.30. The molecule has 5 nitrogen and oxygen atoms in total. The van der Waals surface area contributed by atoms with Crippen LogP contribution in [-0.2, 0) is 4.74 Å². The predicted octanol–water partition coefficient (Wildman–Crippen LogP) is -0.637. The minimum atomic E-state index is -0.585. The highest BCUT2D eigenvalue weighted by molar-refractivity contribution is 4.80. The summed E-state index contributed by atoms with van der Waals surface area (Å²) in [6.45, 7) is 12.6. The van der Waals surface area contributed by atoms with Gasteiger partial charge in [0.05, 0.1) is 18.3 Å². The zero-order valence-electron chi connectivity index (χ0n) is 11.7. The van der Waals surface area contributed by atoms with Crippen LogP contribution in [0.15, 0.2) is 0 Å². The lowest BCUT2D eigenvalue weighted by atomic mass is 10.1. The molecule has 0 bridgehead atoms. The van der Waals surface area contributed by atoms with Crippen molar-refractivity contribution in [1.29, 1.82) is 0 Å². The average molecular weight is 257 g/mol. The molecule has 0 saturated carbocycles. The van der Waals surface area contributed by atoms with Crippen LogP contribution in [-0.4, -0.2) is 85.6 Å². The highest BCUT2D eigenvalue weighted by Crippen LogP contribution is 2.09. The van der Waals surface area contributed by atoms with Crippen LogP contribution >= 0.6 is 0 Å². The SMILES string of the molecule is CC(C)(O)CN1CCN(CC2CNCCO2)CC1. The molecular formula is C13H27N3O2. The molecule has 0 aromatic rings. The molecule has 1 unspecified atom stereocenters. The predicted molar refractivity (Wildman–Crippen MR) is 71.8 cm³/mol. The van der Waals surface area contributed by atoms with Gasteiger partial charge >= 0.3 is 0 Å². The van der Waals surface area contributed by atoms with Crippen LogP contribution in [0.2, 0.25) is 0 Å². The second-order valence-corrected chi connectivity index (χ2v) is 6.09. The van der Waals surface area contributed by atoms with Crippen molar-refractivity contribution in [3.63, 3.8) is 0 Å². The van der Waals surface area contributed by atoms with Gasteiger partial charge in [0, 0.05) is 52.4 Å². The number of aliphatic hydroxyl groups is 1. The Kier molecular flexibility index (Phi) is 4.98. The van der Waals surface area contributed by atoms with E-state index in [0.29, 0.717) is 6.10 Å². The number of β-amino-alcohol motifs (C(OH)–C–C–N with tert-alkyl or cyclic N) is 1. The Morgan fingerprint density at radius 3 is 2.44 bits per heavy atom. The van der Waals surface area contributed by atoms with E-state index in [4.69, 9.17) is 4.74 Å². The number of nitrogens with one attached hydrogen (secondary N) is 1. The van der Waals surface area contributed by atoms with Crippen LogP contribution in [0.4, 0.5) is 0 Å². The first-order valence-electron chi connectivity index (χ1n) is 7.02. The zero-order valence-corrected chi connectivity index (χ0v) is 11.7. The molecular weight excluding hydrogens is 230 g/mol. The first-order chi connectivity index (χ1) is 8.53. The van der Waals surface area contributed by atoms with E-state index < -0.39 is 5.60 Å². The van der Waals surface area contributed by atoms with Gasteiger partial charge in [0.1, 0.15) is 0 Å². The molecule has 2 fully saturated rings. The van der Waals surface area contributed by atoms with Crippen LogP contribution < -0.4 is 5.32 Å². The van der Waals surface area contributed by atoms with Crippen molar-refractivity contribution in [1.82, 2.24) is 15.1 Å². The first-order valence-corrected chi connectivity index (χ1v) is 7.02. The summed E-state index contributed by atoms with van der Waals surface area (Å²) >= 11 is 0. The maximum atomic E-state index is 9.81. The molecule has 1 atom stereocenters. The van der Waals surface area contributed by atoms with Crippen LogP contribution in [0.25, 0.3) is 0 Å². The van der Waals surface area contributed by atoms with Gasteiger partial charge in [-0.05, 0) is 13.8 Å². The van der Waals surface area contributed by atoms with E-state index in [1.165, 1.54) is 0 Å². The molecule has 106 valence electrons. The molecule has 0 radical (unpaired) electrons. The van der Waals surface area contributed by atoms with Gasteiger partial charge in [0.2, 0.25) is 0 Å². The van der Waals surface area contributed by atoms with Gasteiger partial charge in [-0.1, -0.05) is 0 Å². The molecule has 2 aliphatic heterocycles. The quantitative estimate of drug-likeness (QED) is 0.702. The number of rotatable bonds is 4. The van der Waals surface area contributed by atoms with E-state index in [9.17, 15) is 5.11 Å². The lowest BCUT2D eigenvalue weighted by Gasteiger charge is -2.39. The Labute approximate surface area is 110 Å². The van der Waals surface area contributed by atoms with Crippen molar-refractivity contribution in [3.8, 4) is 0 Å². The molecule has 18 heavy (non-hydrogen) atoms. The molecule has 2 heterocycles. The van der Waals surface area contributed by atoms with Crippen molar-refractivity contribution in [2.24, 2.45) is 0 Å². The molecule has 2 N–H and O–H groups in total. The van der Waals surface area contributed by atoms with Crippen molar-refractivity contribution in [2.45, 2.75) is 25.6 Å². The Balaban J connectivity index is 1.66. The molecule has 0 aromatic heterocycles. The Morgan fingerprint density at radius 2 is 1.89 bits per heavy atom. The molecule has 5 heteroatoms. The van der Waals surface area contributed by atoms with Gasteiger partial charge in [0.15, 0.2) is 0 Å². The summed E-state index contributed by atoms with van der Waals surface area (Å²) in [5, 5.41) is 13.2. The highest BCUT2D eigenvalue weighted by atomic mass is 16.5. The average Bonchev–Trinajstić information content (AvgIpc) is 2.31. The molecule has 2 saturated heterocycles. The monoisotopic (exact) mass is 257 g/mol. The van der Waals surface area contributed by atoms with Crippen LogP contribution in [0.5, 0.6) is 0 Å². The van der Waals surface area contributed by atoms with E-state index in [-0.39, 0.29) is 0 Å². The van der Waals surface area contributed by atoms with Gasteiger partial charge in [-0.2, -0.15) is 0 Å². The Bertz CT molecular complexity index is 241. The minimum Gasteiger partial charge on any atom is -0.389 e. The third-order valence-corrected chi connectivity index (χ3v) is 3.54. The third kappa shape index (κ3) is 4.82. The number of nitrogens with zero attached hydrogens (tertiary/aromatic N) is 2. The molecule has 2 rings (SSSR count). The summed E-state index contributed by atoms with van der Waals surface area (Å²) in [6, 6.07) is 0. The maximum Gasteiger partial charge on any atom is 0.0826 e. The summed E-state index contributed by atoms with van der Waals surface area (Å²) in [5.41, 5.74) is -0.585. The van der Waals surface area contributed by atoms with Crippen LogP contribution in [0.3, 0.4) is 0 Å². The maximum absolute atomic E-state index is 9.81. The van der Waals surface area contributed by atoms with Gasteiger partial charge in [-0.25, -0.2) is 0 Å². The number of ether oxygens (including phenoxy) is 1. The zero-order chi connectivity index (χ0) is 13.0. The molecule has 2 aliphatic rings. The third-order valence-electron chi connectivity index (χ3n) is 3.54. The largest absolute Gasteiger partial charge is 0.389 e. The fourth-order valence-corrected chi connectivity index (χ4v) is 2.70. The van der Waals surface area contributed by atoms with Gasteiger partial charge in [-0.15, -0.1) is 0 Å². The van der Waals surface area contributed by atoms with Gasteiger partial charge in [0.25, 0.3) is 0 Å². The lowest BCUT2D eigenvalue weighted by Crippen LogP contribution is -2.53. The fourth-order valence-electron chi connectivity index (χ4n) is 2.70. The van der Waals surface area contributed by atoms with Gasteiger partial charge in [-0.3, -0.25) is 9.80 Å². The molecule has 0 aliphatic carbocycles. The van der Waals surface area contributed by atoms with E-state index in [1.807, 2.05) is 13.8 Å². The number of hydrogen-bond donors (Lipinski definition) is 2. The van der Waals surface area contributed by atoms with E-state index >= 15 is 0 Å². The van der Waals surface area contributed by atoms with Gasteiger partial charge < -0.3 is 15.2 Å². The van der Waals surface area contributed by atoms with Crippen molar-refractivity contribution >= 4 is 0 Å². The molecule has 0 aromatic carbocycles. The summed E-state index contributed by atoms with van der Waals surface area (Å²) in [6.07, 6.45) is 0.347. The topological polar surface area (TPSA) is 48.0 Å². The molecule has 0 amide bonds. The Morgan fingerprint density at radius 1 is 1.22 bits per heavy atom. The van der Waals surface area contributed by atoms with Crippen molar-refractivity contribution in [2.75, 3.05) is 59.0 Å². The minimum absolute atomic E-state index is 0.347. The second-order valence-electron chi connectivity index (χ2n) is 6.09. The van der Waals surface area contributed by atoms with E-state index in [1.54, 1.807) is 0 Å².